The van der Waals surface area contributed by atoms with Crippen molar-refractivity contribution in [1.82, 2.24) is 5.32 Å². The van der Waals surface area contributed by atoms with E-state index in [4.69, 9.17) is 4.74 Å². The molecule has 1 unspecified atom stereocenters. The highest BCUT2D eigenvalue weighted by Crippen LogP contribution is 2.13. The van der Waals surface area contributed by atoms with E-state index < -0.39 is 0 Å². The second-order valence-corrected chi connectivity index (χ2v) is 4.03. The summed E-state index contributed by atoms with van der Waals surface area (Å²) < 4.78 is 4.76. The highest BCUT2D eigenvalue weighted by molar-refractivity contribution is 5.77. The Balaban J connectivity index is 2.42. The first-order chi connectivity index (χ1) is 8.15. The average Bonchev–Trinajstić information content (AvgIpc) is 2.36. The fraction of sp³-hybridized carbons (Fsp3) is 0.462. The van der Waals surface area contributed by atoms with Gasteiger partial charge in [0.1, 0.15) is 6.61 Å². The predicted octanol–water partition coefficient (Wildman–Crippen LogP) is 1.27. The smallest absolute Gasteiger partial charge is 0.246 e. The van der Waals surface area contributed by atoms with Crippen molar-refractivity contribution >= 4 is 11.6 Å². The number of anilines is 1. The molecule has 1 N–H and O–H groups in total. The van der Waals surface area contributed by atoms with E-state index in [0.29, 0.717) is 6.54 Å². The summed E-state index contributed by atoms with van der Waals surface area (Å²) in [5.74, 6) is -0.0826. The number of carbonyl (C=O) groups is 1. The number of benzene rings is 1. The number of hydrogen-bond donors (Lipinski definition) is 1. The molecule has 0 saturated heterocycles. The van der Waals surface area contributed by atoms with E-state index in [9.17, 15) is 4.79 Å². The minimum atomic E-state index is -0.0826. The number of hydrogen-bond acceptors (Lipinski definition) is 3. The zero-order chi connectivity index (χ0) is 12.7. The van der Waals surface area contributed by atoms with Crippen LogP contribution < -0.4 is 10.2 Å². The molecule has 0 bridgehead atoms. The molecule has 0 spiro atoms. The Morgan fingerprint density at radius 1 is 1.41 bits per heavy atom. The number of ether oxygens (including phenoxy) is 1. The molecule has 0 aliphatic carbocycles. The molecule has 0 aromatic heterocycles. The maximum absolute atomic E-state index is 11.3. The number of rotatable bonds is 6. The largest absolute Gasteiger partial charge is 0.375 e. The van der Waals surface area contributed by atoms with E-state index in [1.807, 2.05) is 37.4 Å². The van der Waals surface area contributed by atoms with Gasteiger partial charge in [-0.1, -0.05) is 18.2 Å². The van der Waals surface area contributed by atoms with Gasteiger partial charge in [0, 0.05) is 32.4 Å². The minimum absolute atomic E-state index is 0.0826. The molecule has 1 rings (SSSR count). The molecule has 0 saturated carbocycles. The van der Waals surface area contributed by atoms with Crippen molar-refractivity contribution in [3.8, 4) is 0 Å². The molecular weight excluding hydrogens is 216 g/mol. The third kappa shape index (κ3) is 4.44. The average molecular weight is 236 g/mol. The third-order valence-electron chi connectivity index (χ3n) is 2.69. The first-order valence-electron chi connectivity index (χ1n) is 5.68. The molecule has 17 heavy (non-hydrogen) atoms. The van der Waals surface area contributed by atoms with Gasteiger partial charge in [-0.05, 0) is 19.1 Å². The molecule has 4 heteroatoms. The summed E-state index contributed by atoms with van der Waals surface area (Å²) in [6, 6.07) is 10.3. The van der Waals surface area contributed by atoms with Crippen molar-refractivity contribution in [1.29, 1.82) is 0 Å². The molecule has 0 radical (unpaired) electrons. The van der Waals surface area contributed by atoms with Gasteiger partial charge in [-0.25, -0.2) is 0 Å². The third-order valence-corrected chi connectivity index (χ3v) is 2.69. The molecule has 4 nitrogen and oxygen atoms in total. The van der Waals surface area contributed by atoms with Gasteiger partial charge in [0.25, 0.3) is 0 Å². The number of carbonyl (C=O) groups excluding carboxylic acids is 1. The number of para-hydroxylation sites is 1. The van der Waals surface area contributed by atoms with Crippen molar-refractivity contribution in [3.05, 3.63) is 30.3 Å². The molecule has 0 aliphatic rings. The van der Waals surface area contributed by atoms with Crippen LogP contribution in [0.15, 0.2) is 30.3 Å². The lowest BCUT2D eigenvalue weighted by Crippen LogP contribution is -2.41. The van der Waals surface area contributed by atoms with Gasteiger partial charge in [0.05, 0.1) is 0 Å². The van der Waals surface area contributed by atoms with Crippen LogP contribution in [0.2, 0.25) is 0 Å². The molecule has 94 valence electrons. The van der Waals surface area contributed by atoms with Crippen LogP contribution >= 0.6 is 0 Å². The van der Waals surface area contributed by atoms with Gasteiger partial charge in [-0.2, -0.15) is 0 Å². The topological polar surface area (TPSA) is 41.6 Å². The molecular formula is C13H20N2O2. The monoisotopic (exact) mass is 236 g/mol. The number of amides is 1. The molecule has 0 fully saturated rings. The molecule has 1 amide bonds. The number of methoxy groups -OCH3 is 1. The van der Waals surface area contributed by atoms with E-state index in [1.54, 1.807) is 0 Å². The fourth-order valence-corrected chi connectivity index (χ4v) is 1.50. The van der Waals surface area contributed by atoms with Gasteiger partial charge in [-0.3, -0.25) is 4.79 Å². The van der Waals surface area contributed by atoms with Crippen molar-refractivity contribution in [3.63, 3.8) is 0 Å². The van der Waals surface area contributed by atoms with Crippen LogP contribution in [0.1, 0.15) is 6.92 Å². The predicted molar refractivity (Wildman–Crippen MR) is 69.2 cm³/mol. The van der Waals surface area contributed by atoms with Crippen molar-refractivity contribution < 1.29 is 9.53 Å². The molecule has 1 atom stereocenters. The standard InChI is InChI=1S/C13H20N2O2/c1-11(9-14-13(16)10-17-3)15(2)12-7-5-4-6-8-12/h4-8,11H,9-10H2,1-3H3,(H,14,16). The highest BCUT2D eigenvalue weighted by atomic mass is 16.5. The van der Waals surface area contributed by atoms with Gasteiger partial charge in [-0.15, -0.1) is 0 Å². The van der Waals surface area contributed by atoms with Crippen LogP contribution in [0.5, 0.6) is 0 Å². The fourth-order valence-electron chi connectivity index (χ4n) is 1.50. The van der Waals surface area contributed by atoms with Gasteiger partial charge >= 0.3 is 0 Å². The van der Waals surface area contributed by atoms with E-state index in [0.717, 1.165) is 5.69 Å². The van der Waals surface area contributed by atoms with E-state index in [1.165, 1.54) is 7.11 Å². The number of nitrogens with one attached hydrogen (secondary N) is 1. The molecule has 0 aliphatic heterocycles. The molecule has 1 aromatic carbocycles. The van der Waals surface area contributed by atoms with Gasteiger partial charge in [0.15, 0.2) is 0 Å². The van der Waals surface area contributed by atoms with Gasteiger partial charge < -0.3 is 15.0 Å². The first kappa shape index (κ1) is 13.5. The minimum Gasteiger partial charge on any atom is -0.375 e. The Hall–Kier alpha value is -1.55. The lowest BCUT2D eigenvalue weighted by molar-refractivity contribution is -0.124. The summed E-state index contributed by atoms with van der Waals surface area (Å²) in [7, 11) is 3.53. The van der Waals surface area contributed by atoms with Crippen LogP contribution in [0.25, 0.3) is 0 Å². The van der Waals surface area contributed by atoms with Gasteiger partial charge in [0.2, 0.25) is 5.91 Å². The first-order valence-corrected chi connectivity index (χ1v) is 5.68. The normalized spacial score (nSPS) is 11.9. The Kier molecular flexibility index (Phi) is 5.49. The van der Waals surface area contributed by atoms with Crippen molar-refractivity contribution in [2.45, 2.75) is 13.0 Å². The lowest BCUT2D eigenvalue weighted by Gasteiger charge is -2.27. The Labute approximate surface area is 103 Å². The zero-order valence-electron chi connectivity index (χ0n) is 10.6. The maximum Gasteiger partial charge on any atom is 0.246 e. The van der Waals surface area contributed by atoms with Crippen LogP contribution in [0, 0.1) is 0 Å². The second-order valence-electron chi connectivity index (χ2n) is 4.03. The zero-order valence-corrected chi connectivity index (χ0v) is 10.6. The number of nitrogens with zero attached hydrogens (tertiary/aromatic N) is 1. The summed E-state index contributed by atoms with van der Waals surface area (Å²) in [4.78, 5) is 13.4. The van der Waals surface area contributed by atoms with Crippen molar-refractivity contribution in [2.24, 2.45) is 0 Å². The van der Waals surface area contributed by atoms with Crippen LogP contribution in [-0.2, 0) is 9.53 Å². The summed E-state index contributed by atoms with van der Waals surface area (Å²) >= 11 is 0. The molecule has 0 heterocycles. The second kappa shape index (κ2) is 6.91. The molecule has 1 aromatic rings. The summed E-state index contributed by atoms with van der Waals surface area (Å²) in [5, 5.41) is 2.83. The van der Waals surface area contributed by atoms with E-state index >= 15 is 0 Å². The quantitative estimate of drug-likeness (QED) is 0.809. The Morgan fingerprint density at radius 2 is 2.06 bits per heavy atom. The van der Waals surface area contributed by atoms with Crippen molar-refractivity contribution in [2.75, 3.05) is 32.2 Å². The van der Waals surface area contributed by atoms with Crippen LogP contribution in [0.4, 0.5) is 5.69 Å². The lowest BCUT2D eigenvalue weighted by atomic mass is 10.2. The van der Waals surface area contributed by atoms with Crippen LogP contribution in [0.3, 0.4) is 0 Å². The Morgan fingerprint density at radius 3 is 2.65 bits per heavy atom. The highest BCUT2D eigenvalue weighted by Gasteiger charge is 2.10. The van der Waals surface area contributed by atoms with E-state index in [-0.39, 0.29) is 18.6 Å². The summed E-state index contributed by atoms with van der Waals surface area (Å²) in [6.07, 6.45) is 0. The number of likely N-dealkylation sites (N-methyl/N-ethyl adjacent to an activating group) is 1. The Bertz CT molecular complexity index is 341. The van der Waals surface area contributed by atoms with Crippen LogP contribution in [-0.4, -0.2) is 39.3 Å². The SMILES string of the molecule is COCC(=O)NCC(C)N(C)c1ccccc1. The maximum atomic E-state index is 11.3. The summed E-state index contributed by atoms with van der Waals surface area (Å²) in [5.41, 5.74) is 1.14. The van der Waals surface area contributed by atoms with E-state index in [2.05, 4.69) is 17.1 Å². The summed E-state index contributed by atoms with van der Waals surface area (Å²) in [6.45, 7) is 2.79.